The molecule has 1 saturated heterocycles. The van der Waals surface area contributed by atoms with Crippen LogP contribution in [-0.2, 0) is 6.54 Å². The van der Waals surface area contributed by atoms with E-state index in [1.807, 2.05) is 18.8 Å². The normalized spacial score (nSPS) is 17.0. The van der Waals surface area contributed by atoms with Crippen molar-refractivity contribution in [3.05, 3.63) is 29.8 Å². The average molecular weight is 319 g/mol. The van der Waals surface area contributed by atoms with Crippen LogP contribution in [0.4, 0.5) is 5.69 Å². The summed E-state index contributed by atoms with van der Waals surface area (Å²) in [5.41, 5.74) is 1.82. The highest BCUT2D eigenvalue weighted by molar-refractivity contribution is 7.99. The highest BCUT2D eigenvalue weighted by Gasteiger charge is 2.28. The van der Waals surface area contributed by atoms with Crippen molar-refractivity contribution in [3.8, 4) is 6.07 Å². The third kappa shape index (κ3) is 5.20. The van der Waals surface area contributed by atoms with Gasteiger partial charge in [0.2, 0.25) is 0 Å². The van der Waals surface area contributed by atoms with Gasteiger partial charge in [0.15, 0.2) is 0 Å². The Morgan fingerprint density at radius 2 is 2.00 bits per heavy atom. The molecule has 2 rings (SSSR count). The molecule has 2 N–H and O–H groups in total. The Labute approximate surface area is 137 Å². The molecule has 0 aromatic heterocycles. The first kappa shape index (κ1) is 17.1. The molecule has 1 fully saturated rings. The van der Waals surface area contributed by atoms with E-state index in [2.05, 4.69) is 40.6 Å². The van der Waals surface area contributed by atoms with Crippen molar-refractivity contribution in [2.24, 2.45) is 0 Å². The van der Waals surface area contributed by atoms with Crippen LogP contribution in [0, 0.1) is 11.3 Å². The van der Waals surface area contributed by atoms with Gasteiger partial charge in [0, 0.05) is 32.4 Å². The lowest BCUT2D eigenvalue weighted by Gasteiger charge is -2.32. The molecule has 1 aromatic rings. The van der Waals surface area contributed by atoms with Crippen LogP contribution in [0.15, 0.2) is 24.3 Å². The largest absolute Gasteiger partial charge is 0.389 e. The van der Waals surface area contributed by atoms with Crippen molar-refractivity contribution in [2.75, 3.05) is 36.5 Å². The minimum absolute atomic E-state index is 0.525. The molecular weight excluding hydrogens is 294 g/mol. The van der Waals surface area contributed by atoms with Crippen molar-refractivity contribution in [1.82, 2.24) is 5.32 Å². The fourth-order valence-corrected chi connectivity index (χ4v) is 3.84. The third-order valence-electron chi connectivity index (χ3n) is 4.14. The van der Waals surface area contributed by atoms with Gasteiger partial charge in [0.25, 0.3) is 0 Å². The molecule has 0 aliphatic carbocycles. The molecule has 4 nitrogen and oxygen atoms in total. The maximum absolute atomic E-state index is 10.4. The number of nitrogens with one attached hydrogen (secondary N) is 1. The van der Waals surface area contributed by atoms with E-state index in [1.54, 1.807) is 0 Å². The number of hydrogen-bond acceptors (Lipinski definition) is 5. The average Bonchev–Trinajstić information content (AvgIpc) is 2.54. The van der Waals surface area contributed by atoms with Gasteiger partial charge >= 0.3 is 0 Å². The highest BCUT2D eigenvalue weighted by Crippen LogP contribution is 2.26. The SMILES string of the molecule is CN(CCC#N)c1ccc(CNCC2(O)CCSCC2)cc1. The molecule has 0 radical (unpaired) electrons. The molecule has 0 atom stereocenters. The summed E-state index contributed by atoms with van der Waals surface area (Å²) < 4.78 is 0. The fraction of sp³-hybridized carbons (Fsp3) is 0.588. The molecule has 0 amide bonds. The minimum atomic E-state index is -0.525. The number of thioether (sulfide) groups is 1. The number of rotatable bonds is 7. The lowest BCUT2D eigenvalue weighted by molar-refractivity contribution is 0.0320. The Hall–Kier alpha value is -1.22. The molecule has 0 unspecified atom stereocenters. The Kier molecular flexibility index (Phi) is 6.56. The number of hydrogen-bond donors (Lipinski definition) is 2. The van der Waals surface area contributed by atoms with Crippen molar-refractivity contribution >= 4 is 17.4 Å². The quantitative estimate of drug-likeness (QED) is 0.808. The molecule has 1 aliphatic heterocycles. The van der Waals surface area contributed by atoms with Crippen LogP contribution in [0.2, 0.25) is 0 Å². The van der Waals surface area contributed by atoms with Gasteiger partial charge in [-0.3, -0.25) is 0 Å². The summed E-state index contributed by atoms with van der Waals surface area (Å²) >= 11 is 1.92. The van der Waals surface area contributed by atoms with Crippen LogP contribution in [0.5, 0.6) is 0 Å². The molecular formula is C17H25N3OS. The number of benzene rings is 1. The second-order valence-electron chi connectivity index (χ2n) is 5.94. The Morgan fingerprint density at radius 3 is 2.64 bits per heavy atom. The summed E-state index contributed by atoms with van der Waals surface area (Å²) in [7, 11) is 2.00. The summed E-state index contributed by atoms with van der Waals surface area (Å²) in [5.74, 6) is 2.11. The third-order valence-corrected chi connectivity index (χ3v) is 5.13. The first-order chi connectivity index (χ1) is 10.6. The molecule has 1 aromatic carbocycles. The zero-order valence-electron chi connectivity index (χ0n) is 13.2. The van der Waals surface area contributed by atoms with Crippen molar-refractivity contribution in [1.29, 1.82) is 5.26 Å². The summed E-state index contributed by atoms with van der Waals surface area (Å²) in [5, 5.41) is 22.4. The maximum atomic E-state index is 10.4. The summed E-state index contributed by atoms with van der Waals surface area (Å²) in [6, 6.07) is 10.5. The van der Waals surface area contributed by atoms with Gasteiger partial charge in [0.05, 0.1) is 18.1 Å². The van der Waals surface area contributed by atoms with E-state index in [4.69, 9.17) is 5.26 Å². The van der Waals surface area contributed by atoms with E-state index in [0.29, 0.717) is 13.0 Å². The number of anilines is 1. The zero-order valence-corrected chi connectivity index (χ0v) is 14.0. The van der Waals surface area contributed by atoms with Crippen LogP contribution in [0.3, 0.4) is 0 Å². The lowest BCUT2D eigenvalue weighted by atomic mass is 9.97. The van der Waals surface area contributed by atoms with E-state index >= 15 is 0 Å². The van der Waals surface area contributed by atoms with Crippen LogP contribution >= 0.6 is 11.8 Å². The van der Waals surface area contributed by atoms with E-state index in [0.717, 1.165) is 43.1 Å². The second kappa shape index (κ2) is 8.42. The van der Waals surface area contributed by atoms with Gasteiger partial charge in [-0.2, -0.15) is 17.0 Å². The molecule has 5 heteroatoms. The molecule has 1 heterocycles. The standard InChI is InChI=1S/C17H25N3OS/c1-20(10-2-9-18)16-5-3-15(4-6-16)13-19-14-17(21)7-11-22-12-8-17/h3-6,19,21H,2,7-8,10-14H2,1H3. The molecule has 120 valence electrons. The second-order valence-corrected chi connectivity index (χ2v) is 7.16. The number of nitriles is 1. The Bertz CT molecular complexity index is 492. The molecule has 22 heavy (non-hydrogen) atoms. The van der Waals surface area contributed by atoms with E-state index in [-0.39, 0.29) is 0 Å². The van der Waals surface area contributed by atoms with Gasteiger partial charge in [0.1, 0.15) is 0 Å². The predicted octanol–water partition coefficient (Wildman–Crippen LogP) is 2.38. The van der Waals surface area contributed by atoms with Gasteiger partial charge < -0.3 is 15.3 Å². The van der Waals surface area contributed by atoms with E-state index in [1.165, 1.54) is 5.56 Å². The zero-order chi connectivity index (χ0) is 15.8. The van der Waals surface area contributed by atoms with Crippen molar-refractivity contribution in [2.45, 2.75) is 31.4 Å². The van der Waals surface area contributed by atoms with E-state index < -0.39 is 5.60 Å². The number of aliphatic hydroxyl groups is 1. The molecule has 0 spiro atoms. The van der Waals surface area contributed by atoms with Gasteiger partial charge in [-0.15, -0.1) is 0 Å². The van der Waals surface area contributed by atoms with Gasteiger partial charge in [-0.05, 0) is 42.0 Å². The summed E-state index contributed by atoms with van der Waals surface area (Å²) in [6.45, 7) is 2.19. The fourth-order valence-electron chi connectivity index (χ4n) is 2.58. The smallest absolute Gasteiger partial charge is 0.0787 e. The lowest BCUT2D eigenvalue weighted by Crippen LogP contribution is -2.43. The maximum Gasteiger partial charge on any atom is 0.0787 e. The van der Waals surface area contributed by atoms with Crippen LogP contribution in [-0.4, -0.2) is 42.4 Å². The minimum Gasteiger partial charge on any atom is -0.389 e. The monoisotopic (exact) mass is 319 g/mol. The first-order valence-electron chi connectivity index (χ1n) is 7.81. The van der Waals surface area contributed by atoms with Gasteiger partial charge in [-0.25, -0.2) is 0 Å². The van der Waals surface area contributed by atoms with Crippen LogP contribution in [0.25, 0.3) is 0 Å². The van der Waals surface area contributed by atoms with Crippen LogP contribution in [0.1, 0.15) is 24.8 Å². The predicted molar refractivity (Wildman–Crippen MR) is 93.2 cm³/mol. The molecule has 0 saturated carbocycles. The molecule has 1 aliphatic rings. The summed E-state index contributed by atoms with van der Waals surface area (Å²) in [6.07, 6.45) is 2.30. The van der Waals surface area contributed by atoms with Crippen molar-refractivity contribution < 1.29 is 5.11 Å². The van der Waals surface area contributed by atoms with Crippen molar-refractivity contribution in [3.63, 3.8) is 0 Å². The van der Waals surface area contributed by atoms with Gasteiger partial charge in [-0.1, -0.05) is 12.1 Å². The van der Waals surface area contributed by atoms with E-state index in [9.17, 15) is 5.11 Å². The Morgan fingerprint density at radius 1 is 1.32 bits per heavy atom. The number of nitrogens with zero attached hydrogens (tertiary/aromatic N) is 2. The highest BCUT2D eigenvalue weighted by atomic mass is 32.2. The topological polar surface area (TPSA) is 59.3 Å². The first-order valence-corrected chi connectivity index (χ1v) is 8.96. The summed E-state index contributed by atoms with van der Waals surface area (Å²) in [4.78, 5) is 2.09. The Balaban J connectivity index is 1.77. The van der Waals surface area contributed by atoms with Crippen LogP contribution < -0.4 is 10.2 Å². The molecule has 0 bridgehead atoms.